The molecule has 0 radical (unpaired) electrons. The molecule has 1 aliphatic rings. The summed E-state index contributed by atoms with van der Waals surface area (Å²) >= 11 is 0. The molecule has 0 unspecified atom stereocenters. The van der Waals surface area contributed by atoms with Gasteiger partial charge < -0.3 is 20.9 Å². The Bertz CT molecular complexity index is 990. The van der Waals surface area contributed by atoms with Crippen LogP contribution in [0.25, 0.3) is 10.9 Å². The molecule has 3 aromatic rings. The van der Waals surface area contributed by atoms with Crippen molar-refractivity contribution in [2.24, 2.45) is 5.92 Å². The molecule has 2 heterocycles. The SMILES string of the molecule is Cl.Nc1ccc(O)cc1C(=O)N[C@H]1COC[C@H]1Cc1ccnc2ccccc12. The van der Waals surface area contributed by atoms with Gasteiger partial charge in [-0.15, -0.1) is 12.4 Å². The summed E-state index contributed by atoms with van der Waals surface area (Å²) in [5, 5.41) is 13.8. The Kier molecular flexibility index (Phi) is 6.02. The third kappa shape index (κ3) is 4.03. The number of amides is 1. The monoisotopic (exact) mass is 399 g/mol. The van der Waals surface area contributed by atoms with Gasteiger partial charge in [0.25, 0.3) is 5.91 Å². The van der Waals surface area contributed by atoms with Crippen molar-refractivity contribution in [1.82, 2.24) is 10.3 Å². The maximum atomic E-state index is 12.6. The fourth-order valence-electron chi connectivity index (χ4n) is 3.56. The molecule has 7 heteroatoms. The summed E-state index contributed by atoms with van der Waals surface area (Å²) in [7, 11) is 0. The number of nitrogens with two attached hydrogens (primary N) is 1. The van der Waals surface area contributed by atoms with Crippen molar-refractivity contribution in [2.45, 2.75) is 12.5 Å². The third-order valence-electron chi connectivity index (χ3n) is 5.02. The number of pyridine rings is 1. The molecule has 0 bridgehead atoms. The minimum absolute atomic E-state index is 0. The predicted molar refractivity (Wildman–Crippen MR) is 111 cm³/mol. The number of benzene rings is 2. The van der Waals surface area contributed by atoms with Crippen molar-refractivity contribution < 1.29 is 14.6 Å². The van der Waals surface area contributed by atoms with Gasteiger partial charge in [-0.1, -0.05) is 18.2 Å². The largest absolute Gasteiger partial charge is 0.508 e. The van der Waals surface area contributed by atoms with E-state index >= 15 is 0 Å². The van der Waals surface area contributed by atoms with E-state index < -0.39 is 0 Å². The van der Waals surface area contributed by atoms with Crippen molar-refractivity contribution in [1.29, 1.82) is 0 Å². The lowest BCUT2D eigenvalue weighted by molar-refractivity contribution is 0.0925. The number of aromatic hydroxyl groups is 1. The van der Waals surface area contributed by atoms with Crippen LogP contribution in [0.3, 0.4) is 0 Å². The van der Waals surface area contributed by atoms with Gasteiger partial charge in [-0.05, 0) is 42.3 Å². The topological polar surface area (TPSA) is 97.5 Å². The number of ether oxygens (including phenoxy) is 1. The van der Waals surface area contributed by atoms with E-state index in [1.807, 2.05) is 30.5 Å². The Morgan fingerprint density at radius 1 is 1.21 bits per heavy atom. The van der Waals surface area contributed by atoms with Crippen LogP contribution >= 0.6 is 12.4 Å². The lowest BCUT2D eigenvalue weighted by Gasteiger charge is -2.20. The molecule has 1 saturated heterocycles. The Morgan fingerprint density at radius 3 is 2.89 bits per heavy atom. The van der Waals surface area contributed by atoms with Gasteiger partial charge >= 0.3 is 0 Å². The number of hydrogen-bond acceptors (Lipinski definition) is 5. The molecule has 0 spiro atoms. The maximum absolute atomic E-state index is 12.6. The van der Waals surface area contributed by atoms with Crippen molar-refractivity contribution in [3.05, 3.63) is 65.9 Å². The highest BCUT2D eigenvalue weighted by atomic mass is 35.5. The van der Waals surface area contributed by atoms with Crippen molar-refractivity contribution >= 4 is 34.9 Å². The average molecular weight is 400 g/mol. The standard InChI is InChI=1S/C21H21N3O3.ClH/c22-18-6-5-15(25)10-17(18)21(26)24-20-12-27-11-14(20)9-13-7-8-23-19-4-2-1-3-16(13)19;/h1-8,10,14,20,25H,9,11-12,22H2,(H,24,26);1H/t14-,20+;/m1./s1. The zero-order chi connectivity index (χ0) is 18.8. The van der Waals surface area contributed by atoms with E-state index in [0.29, 0.717) is 18.9 Å². The van der Waals surface area contributed by atoms with Crippen LogP contribution in [0.2, 0.25) is 0 Å². The number of nitrogens with one attached hydrogen (secondary N) is 1. The van der Waals surface area contributed by atoms with E-state index in [9.17, 15) is 9.90 Å². The molecule has 2 aromatic carbocycles. The number of nitrogens with zero attached hydrogens (tertiary/aromatic N) is 1. The molecule has 4 rings (SSSR count). The van der Waals surface area contributed by atoms with Crippen molar-refractivity contribution in [3.8, 4) is 5.75 Å². The van der Waals surface area contributed by atoms with E-state index in [1.54, 1.807) is 0 Å². The number of carbonyl (C=O) groups excluding carboxylic acids is 1. The first-order chi connectivity index (χ1) is 13.1. The van der Waals surface area contributed by atoms with E-state index in [2.05, 4.69) is 16.4 Å². The molecule has 1 amide bonds. The molecular weight excluding hydrogens is 378 g/mol. The zero-order valence-corrected chi connectivity index (χ0v) is 16.0. The van der Waals surface area contributed by atoms with E-state index in [0.717, 1.165) is 17.3 Å². The number of nitrogen functional groups attached to an aromatic ring is 1. The molecule has 28 heavy (non-hydrogen) atoms. The quantitative estimate of drug-likeness (QED) is 0.463. The fraction of sp³-hybridized carbons (Fsp3) is 0.238. The highest BCUT2D eigenvalue weighted by molar-refractivity contribution is 5.99. The Hall–Kier alpha value is -2.83. The zero-order valence-electron chi connectivity index (χ0n) is 15.2. The number of aromatic nitrogens is 1. The van der Waals surface area contributed by atoms with Gasteiger partial charge in [0, 0.05) is 23.2 Å². The van der Waals surface area contributed by atoms with Gasteiger partial charge in [0.05, 0.1) is 30.3 Å². The first-order valence-corrected chi connectivity index (χ1v) is 8.91. The number of para-hydroxylation sites is 1. The summed E-state index contributed by atoms with van der Waals surface area (Å²) in [6, 6.07) is 14.3. The Balaban J connectivity index is 0.00000225. The summed E-state index contributed by atoms with van der Waals surface area (Å²) in [5.41, 5.74) is 8.63. The van der Waals surface area contributed by atoms with Crippen LogP contribution in [0.15, 0.2) is 54.7 Å². The summed E-state index contributed by atoms with van der Waals surface area (Å²) in [4.78, 5) is 17.0. The van der Waals surface area contributed by atoms with Crippen molar-refractivity contribution in [3.63, 3.8) is 0 Å². The minimum Gasteiger partial charge on any atom is -0.508 e. The second-order valence-corrected chi connectivity index (χ2v) is 6.84. The number of rotatable bonds is 4. The normalized spacial score (nSPS) is 18.6. The molecular formula is C21H22ClN3O3. The highest BCUT2D eigenvalue weighted by Crippen LogP contribution is 2.25. The van der Waals surface area contributed by atoms with Crippen LogP contribution < -0.4 is 11.1 Å². The van der Waals surface area contributed by atoms with Gasteiger partial charge in [-0.2, -0.15) is 0 Å². The predicted octanol–water partition coefficient (Wildman–Crippen LogP) is 2.93. The molecule has 0 saturated carbocycles. The van der Waals surface area contributed by atoms with Gasteiger partial charge in [0.1, 0.15) is 5.75 Å². The van der Waals surface area contributed by atoms with E-state index in [1.165, 1.54) is 23.8 Å². The Labute approximate surface area is 169 Å². The average Bonchev–Trinajstić information content (AvgIpc) is 3.10. The molecule has 2 atom stereocenters. The summed E-state index contributed by atoms with van der Waals surface area (Å²) < 4.78 is 5.63. The van der Waals surface area contributed by atoms with Crippen molar-refractivity contribution in [2.75, 3.05) is 18.9 Å². The van der Waals surface area contributed by atoms with Crippen LogP contribution in [-0.4, -0.2) is 35.3 Å². The van der Waals surface area contributed by atoms with E-state index in [4.69, 9.17) is 10.5 Å². The molecule has 4 N–H and O–H groups in total. The summed E-state index contributed by atoms with van der Waals surface area (Å²) in [6.45, 7) is 1.04. The van der Waals surface area contributed by atoms with E-state index in [-0.39, 0.29) is 41.6 Å². The minimum atomic E-state index is -0.302. The molecule has 1 aromatic heterocycles. The molecule has 1 aliphatic heterocycles. The van der Waals surface area contributed by atoms with Crippen LogP contribution in [0.1, 0.15) is 15.9 Å². The number of phenolic OH excluding ortho intramolecular Hbond substituents is 1. The van der Waals surface area contributed by atoms with Crippen LogP contribution in [0, 0.1) is 5.92 Å². The highest BCUT2D eigenvalue weighted by Gasteiger charge is 2.30. The Morgan fingerprint density at radius 2 is 2.04 bits per heavy atom. The number of halogens is 1. The number of fused-ring (bicyclic) bond motifs is 1. The van der Waals surface area contributed by atoms with Gasteiger partial charge in [-0.3, -0.25) is 9.78 Å². The first-order valence-electron chi connectivity index (χ1n) is 8.91. The first kappa shape index (κ1) is 19.9. The number of phenols is 1. The molecule has 1 fully saturated rings. The maximum Gasteiger partial charge on any atom is 0.253 e. The van der Waals surface area contributed by atoms with Gasteiger partial charge in [0.2, 0.25) is 0 Å². The third-order valence-corrected chi connectivity index (χ3v) is 5.02. The van der Waals surface area contributed by atoms with Crippen LogP contribution in [-0.2, 0) is 11.2 Å². The van der Waals surface area contributed by atoms with Gasteiger partial charge in [0.15, 0.2) is 0 Å². The second-order valence-electron chi connectivity index (χ2n) is 6.84. The molecule has 0 aliphatic carbocycles. The number of hydrogen-bond donors (Lipinski definition) is 3. The second kappa shape index (κ2) is 8.46. The fourth-order valence-corrected chi connectivity index (χ4v) is 3.56. The smallest absolute Gasteiger partial charge is 0.253 e. The summed E-state index contributed by atoms with van der Waals surface area (Å²) in [5.74, 6) is -0.140. The lowest BCUT2D eigenvalue weighted by Crippen LogP contribution is -2.40. The lowest BCUT2D eigenvalue weighted by atomic mass is 9.93. The summed E-state index contributed by atoms with van der Waals surface area (Å²) in [6.07, 6.45) is 2.60. The molecule has 146 valence electrons. The number of anilines is 1. The molecule has 6 nitrogen and oxygen atoms in total. The van der Waals surface area contributed by atoms with Crippen LogP contribution in [0.4, 0.5) is 5.69 Å². The number of carbonyl (C=O) groups is 1. The van der Waals surface area contributed by atoms with Gasteiger partial charge in [-0.25, -0.2) is 0 Å². The van der Waals surface area contributed by atoms with Crippen LogP contribution in [0.5, 0.6) is 5.75 Å².